The first-order valence-corrected chi connectivity index (χ1v) is 17.3. The average Bonchev–Trinajstić information content (AvgIpc) is 2.95. The monoisotopic (exact) mass is 605 g/mol. The van der Waals surface area contributed by atoms with E-state index in [0.717, 1.165) is 32.2 Å². The summed E-state index contributed by atoms with van der Waals surface area (Å²) in [6, 6.07) is 0. The molecule has 43 heavy (non-hydrogen) atoms. The van der Waals surface area contributed by atoms with E-state index in [9.17, 15) is 14.7 Å². The van der Waals surface area contributed by atoms with Crippen LogP contribution in [0, 0.1) is 33.0 Å². The largest absolute Gasteiger partial charge is 0.392 e. The number of nitrogens with one attached hydrogen (secondary N) is 2. The third-order valence-electron chi connectivity index (χ3n) is 13.1. The molecule has 0 aromatic carbocycles. The van der Waals surface area contributed by atoms with Crippen molar-refractivity contribution in [1.82, 2.24) is 10.5 Å². The highest BCUT2D eigenvalue weighted by molar-refractivity contribution is 6.73. The van der Waals surface area contributed by atoms with Gasteiger partial charge in [-0.3, -0.25) is 4.79 Å². The van der Waals surface area contributed by atoms with Gasteiger partial charge in [-0.2, -0.15) is 0 Å². The van der Waals surface area contributed by atoms with Crippen LogP contribution in [0.15, 0.2) is 12.2 Å². The minimum Gasteiger partial charge on any atom is -0.392 e. The Bertz CT molecular complexity index is 944. The highest BCUT2D eigenvalue weighted by Crippen LogP contribution is 2.51. The number of carbonyl (C=O) groups excluding carboxylic acids is 2. The fraction of sp³-hybridized carbons (Fsp3) is 0.892. The van der Waals surface area contributed by atoms with Crippen LogP contribution in [0.1, 0.15) is 156 Å². The van der Waals surface area contributed by atoms with E-state index in [1.54, 1.807) is 6.92 Å². The predicted octanol–water partition coefficient (Wildman–Crippen LogP) is 8.23. The van der Waals surface area contributed by atoms with E-state index in [0.29, 0.717) is 12.8 Å². The molecule has 0 rings (SSSR count). The van der Waals surface area contributed by atoms with Crippen LogP contribution in [-0.2, 0) is 9.59 Å². The number of Topliss-reactive ketones (excluding diaryl/α,β-unsaturated/α-hetero) is 1. The van der Waals surface area contributed by atoms with Crippen LogP contribution >= 0.6 is 0 Å². The molecular formula is C37H73BN2O3. The van der Waals surface area contributed by atoms with Gasteiger partial charge in [-0.15, -0.1) is 0 Å². The Labute approximate surface area is 268 Å². The van der Waals surface area contributed by atoms with Gasteiger partial charge in [-0.25, -0.2) is 0 Å². The zero-order chi connectivity index (χ0) is 34.3. The number of aliphatic hydroxyl groups is 1. The van der Waals surface area contributed by atoms with E-state index in [1.165, 1.54) is 0 Å². The van der Waals surface area contributed by atoms with E-state index in [2.05, 4.69) is 113 Å². The molecule has 0 aliphatic carbocycles. The van der Waals surface area contributed by atoms with E-state index in [-0.39, 0.29) is 46.5 Å². The Balaban J connectivity index is 6.29. The molecule has 0 fully saturated rings. The van der Waals surface area contributed by atoms with Crippen LogP contribution in [0.2, 0.25) is 0 Å². The first-order valence-electron chi connectivity index (χ1n) is 17.3. The molecule has 0 spiro atoms. The molecule has 0 aromatic rings. The first-order chi connectivity index (χ1) is 19.4. The zero-order valence-electron chi connectivity index (χ0n) is 31.7. The second kappa shape index (κ2) is 15.5. The van der Waals surface area contributed by atoms with Gasteiger partial charge in [0.05, 0.1) is 11.6 Å². The summed E-state index contributed by atoms with van der Waals surface area (Å²) < 4.78 is 0. The lowest BCUT2D eigenvalue weighted by atomic mass is 9.55. The third-order valence-corrected chi connectivity index (χ3v) is 13.1. The summed E-state index contributed by atoms with van der Waals surface area (Å²) in [5.74, 6) is 0.175. The fourth-order valence-electron chi connectivity index (χ4n) is 6.40. The van der Waals surface area contributed by atoms with Gasteiger partial charge in [0, 0.05) is 22.9 Å². The van der Waals surface area contributed by atoms with Crippen molar-refractivity contribution in [3.63, 3.8) is 0 Å². The number of carbonyl (C=O) groups is 2. The maximum Gasteiger partial charge on any atom is 0.284 e. The fourth-order valence-corrected chi connectivity index (χ4v) is 6.40. The molecule has 0 saturated heterocycles. The van der Waals surface area contributed by atoms with Crippen molar-refractivity contribution in [3.8, 4) is 0 Å². The molecule has 0 aliphatic heterocycles. The molecule has 5 nitrogen and oxygen atoms in total. The van der Waals surface area contributed by atoms with Crippen molar-refractivity contribution in [2.75, 3.05) is 6.54 Å². The molecule has 0 bridgehead atoms. The SMILES string of the molecule is CC=CC(C)(CC)C(O)C(CC(C)(C)C(C)(C)CNC(C)(CC)C(C)(CC)C(=O)BNC(C)(CC)C(C)=O)C(C)(C)CC. The van der Waals surface area contributed by atoms with Crippen molar-refractivity contribution in [3.05, 3.63) is 12.2 Å². The molecule has 0 radical (unpaired) electrons. The van der Waals surface area contributed by atoms with Gasteiger partial charge in [0.25, 0.3) is 7.41 Å². The lowest BCUT2D eigenvalue weighted by Crippen LogP contribution is -2.63. The van der Waals surface area contributed by atoms with Crippen LogP contribution in [0.4, 0.5) is 0 Å². The molecule has 0 amide bonds. The van der Waals surface area contributed by atoms with Gasteiger partial charge in [0.2, 0.25) is 0 Å². The smallest absolute Gasteiger partial charge is 0.284 e. The van der Waals surface area contributed by atoms with Crippen LogP contribution in [0.25, 0.3) is 0 Å². The summed E-state index contributed by atoms with van der Waals surface area (Å²) in [6.45, 7) is 37.4. The topological polar surface area (TPSA) is 78.4 Å². The van der Waals surface area contributed by atoms with Gasteiger partial charge < -0.3 is 20.4 Å². The average molecular weight is 605 g/mol. The van der Waals surface area contributed by atoms with Crippen molar-refractivity contribution in [2.45, 2.75) is 173 Å². The zero-order valence-corrected chi connectivity index (χ0v) is 31.7. The van der Waals surface area contributed by atoms with Gasteiger partial charge in [0.15, 0.2) is 0 Å². The molecule has 0 aliphatic rings. The Kier molecular flexibility index (Phi) is 15.2. The molecule has 3 N–H and O–H groups in total. The normalized spacial score (nSPS) is 20.4. The molecule has 0 aromatic heterocycles. The second-order valence-corrected chi connectivity index (χ2v) is 16.5. The van der Waals surface area contributed by atoms with Crippen LogP contribution < -0.4 is 10.5 Å². The molecule has 6 heteroatoms. The molecule has 6 atom stereocenters. The van der Waals surface area contributed by atoms with Gasteiger partial charge >= 0.3 is 0 Å². The van der Waals surface area contributed by atoms with Crippen LogP contribution in [0.5, 0.6) is 0 Å². The number of ketones is 1. The minimum atomic E-state index is -0.694. The summed E-state index contributed by atoms with van der Waals surface area (Å²) in [6.07, 6.45) is 8.75. The number of rotatable bonds is 21. The first kappa shape index (κ1) is 42.0. The summed E-state index contributed by atoms with van der Waals surface area (Å²) in [5.41, 5.74) is -2.13. The third kappa shape index (κ3) is 9.29. The molecule has 0 heterocycles. The Morgan fingerprint density at radius 2 is 1.33 bits per heavy atom. The Morgan fingerprint density at radius 1 is 0.791 bits per heavy atom. The van der Waals surface area contributed by atoms with Gasteiger partial charge in [-0.05, 0) is 82.0 Å². The standard InChI is InChI=1S/C37H73BN2O3/c1-18-24-34(14,20-3)29(42)28(31(8,9)19-2)25-32(10,11)33(12,13)26-39-37(17,23-6)35(15,21-4)30(43)38-40-36(16,22-5)27(7)41/h18,24,28-29,38-40,42H,19-23,25-26H2,1-17H3. The Morgan fingerprint density at radius 3 is 1.70 bits per heavy atom. The quantitative estimate of drug-likeness (QED) is 0.0909. The number of aliphatic hydroxyl groups excluding tert-OH is 1. The van der Waals surface area contributed by atoms with Crippen LogP contribution in [0.3, 0.4) is 0 Å². The number of allylic oxidation sites excluding steroid dienone is 1. The van der Waals surface area contributed by atoms with Crippen molar-refractivity contribution < 1.29 is 14.7 Å². The molecule has 0 saturated carbocycles. The Hall–Kier alpha value is -0.975. The van der Waals surface area contributed by atoms with E-state index >= 15 is 0 Å². The summed E-state index contributed by atoms with van der Waals surface area (Å²) in [4.78, 5) is 26.2. The lowest BCUT2D eigenvalue weighted by Gasteiger charge is -2.53. The summed E-state index contributed by atoms with van der Waals surface area (Å²) >= 11 is 0. The van der Waals surface area contributed by atoms with E-state index in [1.807, 2.05) is 20.8 Å². The predicted molar refractivity (Wildman–Crippen MR) is 189 cm³/mol. The van der Waals surface area contributed by atoms with Crippen molar-refractivity contribution in [1.29, 1.82) is 0 Å². The maximum atomic E-state index is 13.9. The molecule has 6 unspecified atom stereocenters. The highest BCUT2D eigenvalue weighted by Gasteiger charge is 2.51. The summed E-state index contributed by atoms with van der Waals surface area (Å²) in [5, 5.41) is 19.2. The lowest BCUT2D eigenvalue weighted by molar-refractivity contribution is -0.125. The van der Waals surface area contributed by atoms with Crippen molar-refractivity contribution in [2.24, 2.45) is 33.0 Å². The summed E-state index contributed by atoms with van der Waals surface area (Å²) in [7, 11) is 0.175. The van der Waals surface area contributed by atoms with Gasteiger partial charge in [0.1, 0.15) is 11.5 Å². The maximum absolute atomic E-state index is 13.9. The number of hydrogen-bond donors (Lipinski definition) is 3. The number of hydrogen-bond acceptors (Lipinski definition) is 5. The van der Waals surface area contributed by atoms with Gasteiger partial charge in [-0.1, -0.05) is 109 Å². The van der Waals surface area contributed by atoms with E-state index in [4.69, 9.17) is 0 Å². The minimum absolute atomic E-state index is 0.0246. The molecular weight excluding hydrogens is 531 g/mol. The second-order valence-electron chi connectivity index (χ2n) is 16.5. The highest BCUT2D eigenvalue weighted by atomic mass is 16.3. The van der Waals surface area contributed by atoms with Crippen LogP contribution in [-0.4, -0.2) is 47.7 Å². The van der Waals surface area contributed by atoms with Crippen molar-refractivity contribution >= 4 is 18.9 Å². The van der Waals surface area contributed by atoms with E-state index < -0.39 is 22.6 Å². The molecule has 252 valence electrons.